The van der Waals surface area contributed by atoms with E-state index in [9.17, 15) is 4.39 Å². The summed E-state index contributed by atoms with van der Waals surface area (Å²) in [5, 5.41) is 8.91. The van der Waals surface area contributed by atoms with E-state index in [0.29, 0.717) is 5.56 Å². The highest BCUT2D eigenvalue weighted by Crippen LogP contribution is 2.08. The topological polar surface area (TPSA) is 20.2 Å². The number of aryl methyl sites for hydroxylation is 1. The molecule has 0 aliphatic rings. The van der Waals surface area contributed by atoms with Crippen molar-refractivity contribution in [3.63, 3.8) is 0 Å². The fourth-order valence-electron chi connectivity index (χ4n) is 0.911. The molecule has 1 aromatic carbocycles. The second-order valence-electron chi connectivity index (χ2n) is 2.90. The second kappa shape index (κ2) is 4.06. The Kier molecular flexibility index (Phi) is 3.05. The van der Waals surface area contributed by atoms with Crippen molar-refractivity contribution in [2.45, 2.75) is 20.0 Å². The van der Waals surface area contributed by atoms with Crippen LogP contribution in [0, 0.1) is 24.6 Å². The van der Waals surface area contributed by atoms with Crippen LogP contribution in [-0.4, -0.2) is 11.2 Å². The average molecular weight is 178 g/mol. The van der Waals surface area contributed by atoms with Crippen molar-refractivity contribution in [1.82, 2.24) is 0 Å². The van der Waals surface area contributed by atoms with Crippen LogP contribution in [0.2, 0.25) is 0 Å². The Balaban J connectivity index is 3.02. The molecule has 13 heavy (non-hydrogen) atoms. The van der Waals surface area contributed by atoms with Gasteiger partial charge in [0, 0.05) is 5.56 Å². The molecular formula is C11H11FO. The number of aliphatic hydroxyl groups is 1. The molecule has 0 radical (unpaired) electrons. The number of hydrogen-bond acceptors (Lipinski definition) is 1. The zero-order valence-corrected chi connectivity index (χ0v) is 7.63. The first-order valence-corrected chi connectivity index (χ1v) is 4.05. The van der Waals surface area contributed by atoms with Crippen LogP contribution < -0.4 is 0 Å². The summed E-state index contributed by atoms with van der Waals surface area (Å²) in [7, 11) is 0. The van der Waals surface area contributed by atoms with Crippen molar-refractivity contribution in [3.8, 4) is 11.8 Å². The lowest BCUT2D eigenvalue weighted by Crippen LogP contribution is -1.93. The smallest absolute Gasteiger partial charge is 0.124 e. The lowest BCUT2D eigenvalue weighted by atomic mass is 10.1. The van der Waals surface area contributed by atoms with Crippen molar-refractivity contribution in [3.05, 3.63) is 35.1 Å². The van der Waals surface area contributed by atoms with Crippen LogP contribution in [0.5, 0.6) is 0 Å². The van der Waals surface area contributed by atoms with Crippen LogP contribution in [0.3, 0.4) is 0 Å². The number of benzene rings is 1. The van der Waals surface area contributed by atoms with Crippen LogP contribution in [0.4, 0.5) is 4.39 Å². The summed E-state index contributed by atoms with van der Waals surface area (Å²) in [4.78, 5) is 0. The van der Waals surface area contributed by atoms with E-state index < -0.39 is 6.10 Å². The zero-order valence-electron chi connectivity index (χ0n) is 7.63. The summed E-state index contributed by atoms with van der Waals surface area (Å²) in [6.07, 6.45) is -0.678. The van der Waals surface area contributed by atoms with Gasteiger partial charge in [-0.3, -0.25) is 0 Å². The van der Waals surface area contributed by atoms with Crippen LogP contribution in [0.1, 0.15) is 18.1 Å². The number of aliphatic hydroxyl groups excluding tert-OH is 1. The molecule has 0 aliphatic carbocycles. The van der Waals surface area contributed by atoms with Crippen LogP contribution >= 0.6 is 0 Å². The molecule has 0 aromatic heterocycles. The average Bonchev–Trinajstić information content (AvgIpc) is 2.06. The normalized spacial score (nSPS) is 11.7. The molecule has 0 bridgehead atoms. The highest BCUT2D eigenvalue weighted by molar-refractivity contribution is 5.41. The first-order chi connectivity index (χ1) is 6.09. The van der Waals surface area contributed by atoms with E-state index in [1.807, 2.05) is 6.92 Å². The van der Waals surface area contributed by atoms with E-state index in [4.69, 9.17) is 5.11 Å². The Hall–Kier alpha value is -1.33. The number of hydrogen-bond donors (Lipinski definition) is 1. The minimum absolute atomic E-state index is 0.305. The third-order valence-corrected chi connectivity index (χ3v) is 1.62. The molecule has 1 unspecified atom stereocenters. The van der Waals surface area contributed by atoms with Crippen molar-refractivity contribution < 1.29 is 9.50 Å². The molecule has 1 N–H and O–H groups in total. The van der Waals surface area contributed by atoms with Crippen LogP contribution in [0.15, 0.2) is 18.2 Å². The van der Waals surface area contributed by atoms with Gasteiger partial charge in [-0.05, 0) is 31.5 Å². The van der Waals surface area contributed by atoms with E-state index in [1.165, 1.54) is 12.1 Å². The Morgan fingerprint density at radius 1 is 1.46 bits per heavy atom. The lowest BCUT2D eigenvalue weighted by Gasteiger charge is -1.97. The van der Waals surface area contributed by atoms with Crippen molar-refractivity contribution >= 4 is 0 Å². The summed E-state index contributed by atoms with van der Waals surface area (Å²) in [5.74, 6) is 4.98. The molecule has 0 fully saturated rings. The van der Waals surface area contributed by atoms with Crippen molar-refractivity contribution in [1.29, 1.82) is 0 Å². The third-order valence-electron chi connectivity index (χ3n) is 1.62. The highest BCUT2D eigenvalue weighted by atomic mass is 19.1. The zero-order chi connectivity index (χ0) is 9.84. The maximum absolute atomic E-state index is 12.7. The van der Waals surface area contributed by atoms with E-state index in [-0.39, 0.29) is 5.82 Å². The Morgan fingerprint density at radius 2 is 2.15 bits per heavy atom. The molecule has 1 aromatic rings. The van der Waals surface area contributed by atoms with E-state index >= 15 is 0 Å². The molecular weight excluding hydrogens is 167 g/mol. The minimum Gasteiger partial charge on any atom is -0.381 e. The first kappa shape index (κ1) is 9.76. The summed E-state index contributed by atoms with van der Waals surface area (Å²) >= 11 is 0. The molecule has 1 atom stereocenters. The minimum atomic E-state index is -0.678. The molecule has 1 rings (SSSR count). The standard InChI is InChI=1S/C11H11FO/c1-8-3-6-11(12)7-10(8)5-4-9(2)13/h3,6-7,9,13H,1-2H3. The van der Waals surface area contributed by atoms with Crippen LogP contribution in [-0.2, 0) is 0 Å². The number of halogens is 1. The molecule has 0 spiro atoms. The quantitative estimate of drug-likeness (QED) is 0.601. The molecule has 2 heteroatoms. The highest BCUT2D eigenvalue weighted by Gasteiger charge is 1.96. The van der Waals surface area contributed by atoms with Gasteiger partial charge in [0.2, 0.25) is 0 Å². The summed E-state index contributed by atoms with van der Waals surface area (Å²) in [6.45, 7) is 3.42. The predicted molar refractivity (Wildman–Crippen MR) is 49.7 cm³/mol. The summed E-state index contributed by atoms with van der Waals surface area (Å²) < 4.78 is 12.7. The van der Waals surface area contributed by atoms with Gasteiger partial charge in [-0.25, -0.2) is 4.39 Å². The molecule has 0 saturated carbocycles. The Morgan fingerprint density at radius 3 is 2.77 bits per heavy atom. The van der Waals surface area contributed by atoms with E-state index in [1.54, 1.807) is 13.0 Å². The maximum Gasteiger partial charge on any atom is 0.124 e. The van der Waals surface area contributed by atoms with Gasteiger partial charge in [0.05, 0.1) is 0 Å². The maximum atomic E-state index is 12.7. The van der Waals surface area contributed by atoms with E-state index in [2.05, 4.69) is 11.8 Å². The Bertz CT molecular complexity index is 358. The molecule has 0 heterocycles. The summed E-state index contributed by atoms with van der Waals surface area (Å²) in [5.41, 5.74) is 1.54. The van der Waals surface area contributed by atoms with Crippen molar-refractivity contribution in [2.24, 2.45) is 0 Å². The van der Waals surface area contributed by atoms with Gasteiger partial charge >= 0.3 is 0 Å². The summed E-state index contributed by atoms with van der Waals surface area (Å²) in [6, 6.07) is 4.43. The second-order valence-corrected chi connectivity index (χ2v) is 2.90. The largest absolute Gasteiger partial charge is 0.381 e. The molecule has 0 amide bonds. The number of rotatable bonds is 0. The van der Waals surface area contributed by atoms with Crippen molar-refractivity contribution in [2.75, 3.05) is 0 Å². The van der Waals surface area contributed by atoms with Gasteiger partial charge in [-0.1, -0.05) is 17.9 Å². The van der Waals surface area contributed by atoms with Gasteiger partial charge in [0.25, 0.3) is 0 Å². The van der Waals surface area contributed by atoms with Gasteiger partial charge in [0.15, 0.2) is 0 Å². The van der Waals surface area contributed by atoms with E-state index in [0.717, 1.165) is 5.56 Å². The fourth-order valence-corrected chi connectivity index (χ4v) is 0.911. The molecule has 0 saturated heterocycles. The molecule has 1 nitrogen and oxygen atoms in total. The monoisotopic (exact) mass is 178 g/mol. The first-order valence-electron chi connectivity index (χ1n) is 4.05. The lowest BCUT2D eigenvalue weighted by molar-refractivity contribution is 0.253. The predicted octanol–water partition coefficient (Wildman–Crippen LogP) is 1.87. The Labute approximate surface area is 77.2 Å². The van der Waals surface area contributed by atoms with Crippen LogP contribution in [0.25, 0.3) is 0 Å². The SMILES string of the molecule is Cc1ccc(F)cc1C#CC(C)O. The third kappa shape index (κ3) is 2.89. The van der Waals surface area contributed by atoms with Gasteiger partial charge in [-0.2, -0.15) is 0 Å². The molecule has 0 aliphatic heterocycles. The van der Waals surface area contributed by atoms with Gasteiger partial charge < -0.3 is 5.11 Å². The van der Waals surface area contributed by atoms with Gasteiger partial charge in [-0.15, -0.1) is 0 Å². The molecule has 68 valence electrons. The fraction of sp³-hybridized carbons (Fsp3) is 0.273. The van der Waals surface area contributed by atoms with Gasteiger partial charge in [0.1, 0.15) is 11.9 Å².